The van der Waals surface area contributed by atoms with Gasteiger partial charge in [-0.2, -0.15) is 0 Å². The molecule has 2 fully saturated rings. The maximum Gasteiger partial charge on any atom is 0.208 e. The number of nitrogens with one attached hydrogen (secondary N) is 3. The number of ether oxygens (including phenoxy) is 1. The first-order chi connectivity index (χ1) is 9.98. The van der Waals surface area contributed by atoms with E-state index < -0.39 is 10.0 Å². The number of nitrogens with zero attached hydrogens (tertiary/aromatic N) is 1. The highest BCUT2D eigenvalue weighted by molar-refractivity contribution is 14.0. The van der Waals surface area contributed by atoms with Gasteiger partial charge in [-0.15, -0.1) is 24.0 Å². The molecule has 2 aliphatic heterocycles. The molecule has 2 saturated heterocycles. The maximum absolute atomic E-state index is 10.9. The van der Waals surface area contributed by atoms with E-state index in [1.807, 2.05) is 6.92 Å². The van der Waals surface area contributed by atoms with Crippen molar-refractivity contribution in [3.8, 4) is 0 Å². The van der Waals surface area contributed by atoms with Crippen LogP contribution in [0.5, 0.6) is 0 Å². The quantitative estimate of drug-likeness (QED) is 0.228. The molecule has 0 aromatic heterocycles. The average molecular weight is 446 g/mol. The fourth-order valence-electron chi connectivity index (χ4n) is 2.81. The lowest BCUT2D eigenvalue weighted by Crippen LogP contribution is -2.47. The van der Waals surface area contributed by atoms with Crippen LogP contribution in [-0.2, 0) is 14.8 Å². The van der Waals surface area contributed by atoms with Gasteiger partial charge in [-0.1, -0.05) is 0 Å². The van der Waals surface area contributed by atoms with Crippen molar-refractivity contribution in [2.24, 2.45) is 4.99 Å². The minimum Gasteiger partial charge on any atom is -0.373 e. The van der Waals surface area contributed by atoms with Crippen LogP contribution >= 0.6 is 24.0 Å². The SMILES string of the molecule is CCNC(=NCCCNS(C)(=O)=O)NC1CC2CCC1O2.I. The third kappa shape index (κ3) is 6.55. The molecule has 0 spiro atoms. The minimum atomic E-state index is -3.11. The molecule has 2 bridgehead atoms. The van der Waals surface area contributed by atoms with Crippen molar-refractivity contribution in [1.29, 1.82) is 0 Å². The zero-order chi connectivity index (χ0) is 15.3. The van der Waals surface area contributed by atoms with Crippen LogP contribution < -0.4 is 15.4 Å². The minimum absolute atomic E-state index is 0. The molecule has 2 rings (SSSR count). The molecule has 22 heavy (non-hydrogen) atoms. The van der Waals surface area contributed by atoms with E-state index >= 15 is 0 Å². The highest BCUT2D eigenvalue weighted by Gasteiger charge is 2.41. The van der Waals surface area contributed by atoms with E-state index in [2.05, 4.69) is 20.3 Å². The van der Waals surface area contributed by atoms with E-state index in [4.69, 9.17) is 4.74 Å². The van der Waals surface area contributed by atoms with E-state index in [0.29, 0.717) is 37.8 Å². The van der Waals surface area contributed by atoms with Gasteiger partial charge in [0, 0.05) is 19.6 Å². The summed E-state index contributed by atoms with van der Waals surface area (Å²) in [7, 11) is -3.11. The second kappa shape index (κ2) is 9.24. The first-order valence-electron chi connectivity index (χ1n) is 7.63. The van der Waals surface area contributed by atoms with Gasteiger partial charge in [-0.3, -0.25) is 4.99 Å². The van der Waals surface area contributed by atoms with Gasteiger partial charge in [0.05, 0.1) is 24.5 Å². The molecule has 0 aromatic carbocycles. The van der Waals surface area contributed by atoms with Crippen molar-refractivity contribution >= 4 is 40.0 Å². The zero-order valence-corrected chi connectivity index (χ0v) is 16.3. The van der Waals surface area contributed by atoms with Crippen molar-refractivity contribution in [2.45, 2.75) is 50.9 Å². The highest BCUT2D eigenvalue weighted by atomic mass is 127. The Morgan fingerprint density at radius 2 is 2.14 bits per heavy atom. The van der Waals surface area contributed by atoms with Crippen LogP contribution in [0.3, 0.4) is 0 Å². The van der Waals surface area contributed by atoms with Crippen LogP contribution in [0.2, 0.25) is 0 Å². The molecular weight excluding hydrogens is 419 g/mol. The summed E-state index contributed by atoms with van der Waals surface area (Å²) in [5, 5.41) is 6.65. The van der Waals surface area contributed by atoms with Crippen LogP contribution in [-0.4, -0.2) is 58.5 Å². The molecule has 0 aromatic rings. The van der Waals surface area contributed by atoms with Crippen molar-refractivity contribution in [1.82, 2.24) is 15.4 Å². The molecule has 0 amide bonds. The van der Waals surface area contributed by atoms with Gasteiger partial charge < -0.3 is 15.4 Å². The summed E-state index contributed by atoms with van der Waals surface area (Å²) in [6.45, 7) is 3.83. The molecule has 9 heteroatoms. The average Bonchev–Trinajstić information content (AvgIpc) is 2.99. The first kappa shape index (κ1) is 19.9. The molecule has 7 nitrogen and oxygen atoms in total. The number of rotatable bonds is 7. The fraction of sp³-hybridized carbons (Fsp3) is 0.923. The summed E-state index contributed by atoms with van der Waals surface area (Å²) >= 11 is 0. The van der Waals surface area contributed by atoms with Gasteiger partial charge in [-0.05, 0) is 32.6 Å². The highest BCUT2D eigenvalue weighted by Crippen LogP contribution is 2.34. The smallest absolute Gasteiger partial charge is 0.208 e. The Balaban J connectivity index is 0.00000242. The first-order valence-corrected chi connectivity index (χ1v) is 9.52. The molecule has 3 unspecified atom stereocenters. The lowest BCUT2D eigenvalue weighted by molar-refractivity contribution is 0.0992. The lowest BCUT2D eigenvalue weighted by atomic mass is 9.96. The van der Waals surface area contributed by atoms with Gasteiger partial charge in [0.1, 0.15) is 0 Å². The monoisotopic (exact) mass is 446 g/mol. The number of hydrogen-bond acceptors (Lipinski definition) is 4. The van der Waals surface area contributed by atoms with E-state index in [1.165, 1.54) is 6.42 Å². The third-order valence-electron chi connectivity index (χ3n) is 3.74. The van der Waals surface area contributed by atoms with Crippen molar-refractivity contribution in [3.05, 3.63) is 0 Å². The molecule has 3 atom stereocenters. The Morgan fingerprint density at radius 3 is 2.68 bits per heavy atom. The standard InChI is InChI=1S/C13H26N4O3S.HI/c1-3-14-13(15-7-4-8-16-21(2,18)19)17-11-9-10-5-6-12(11)20-10;/h10-12,16H,3-9H2,1-2H3,(H2,14,15,17);1H. The van der Waals surface area contributed by atoms with Crippen LogP contribution in [0, 0.1) is 0 Å². The molecule has 0 radical (unpaired) electrons. The largest absolute Gasteiger partial charge is 0.373 e. The third-order valence-corrected chi connectivity index (χ3v) is 4.47. The Labute approximate surface area is 150 Å². The van der Waals surface area contributed by atoms with Crippen molar-refractivity contribution < 1.29 is 13.2 Å². The molecular formula is C13H27IN4O3S. The molecule has 0 aliphatic carbocycles. The Kier molecular flexibility index (Phi) is 8.36. The van der Waals surface area contributed by atoms with E-state index in [-0.39, 0.29) is 24.0 Å². The van der Waals surface area contributed by atoms with Gasteiger partial charge in [-0.25, -0.2) is 13.1 Å². The number of sulfonamides is 1. The number of aliphatic imine (C=N–C) groups is 1. The Morgan fingerprint density at radius 1 is 1.36 bits per heavy atom. The summed E-state index contributed by atoms with van der Waals surface area (Å²) in [5.74, 6) is 0.790. The number of fused-ring (bicyclic) bond motifs is 2. The lowest BCUT2D eigenvalue weighted by Gasteiger charge is -2.22. The summed E-state index contributed by atoms with van der Waals surface area (Å²) in [5.41, 5.74) is 0. The second-order valence-corrected chi connectivity index (χ2v) is 7.47. The molecule has 3 N–H and O–H groups in total. The Bertz CT molecular complexity index is 472. The fourth-order valence-corrected chi connectivity index (χ4v) is 3.33. The Hall–Kier alpha value is -0.130. The van der Waals surface area contributed by atoms with Crippen LogP contribution in [0.4, 0.5) is 0 Å². The number of guanidine groups is 1. The van der Waals surface area contributed by atoms with Crippen LogP contribution in [0.15, 0.2) is 4.99 Å². The van der Waals surface area contributed by atoms with Crippen LogP contribution in [0.25, 0.3) is 0 Å². The summed E-state index contributed by atoms with van der Waals surface area (Å²) in [6, 6.07) is 0.343. The van der Waals surface area contributed by atoms with E-state index in [0.717, 1.165) is 31.6 Å². The number of hydrogen-bond donors (Lipinski definition) is 3. The van der Waals surface area contributed by atoms with Crippen molar-refractivity contribution in [2.75, 3.05) is 25.9 Å². The molecule has 130 valence electrons. The van der Waals surface area contributed by atoms with Crippen molar-refractivity contribution in [3.63, 3.8) is 0 Å². The maximum atomic E-state index is 10.9. The predicted octanol–water partition coefficient (Wildman–Crippen LogP) is 0.419. The predicted molar refractivity (Wildman–Crippen MR) is 98.3 cm³/mol. The van der Waals surface area contributed by atoms with Gasteiger partial charge >= 0.3 is 0 Å². The zero-order valence-electron chi connectivity index (χ0n) is 13.2. The van der Waals surface area contributed by atoms with E-state index in [1.54, 1.807) is 0 Å². The normalized spacial score (nSPS) is 27.5. The molecule has 2 aliphatic rings. The molecule has 0 saturated carbocycles. The topological polar surface area (TPSA) is 91.8 Å². The molecule has 2 heterocycles. The second-order valence-electron chi connectivity index (χ2n) is 5.64. The van der Waals surface area contributed by atoms with E-state index in [9.17, 15) is 8.42 Å². The summed E-state index contributed by atoms with van der Waals surface area (Å²) < 4.78 is 30.2. The van der Waals surface area contributed by atoms with Gasteiger partial charge in [0.2, 0.25) is 10.0 Å². The van der Waals surface area contributed by atoms with Gasteiger partial charge in [0.25, 0.3) is 0 Å². The summed E-state index contributed by atoms with van der Waals surface area (Å²) in [4.78, 5) is 4.48. The summed E-state index contributed by atoms with van der Waals surface area (Å²) in [6.07, 6.45) is 5.91. The van der Waals surface area contributed by atoms with Gasteiger partial charge in [0.15, 0.2) is 5.96 Å². The number of halogens is 1. The van der Waals surface area contributed by atoms with Crippen LogP contribution in [0.1, 0.15) is 32.6 Å².